The maximum absolute atomic E-state index is 8.22. The first kappa shape index (κ1) is 11.8. The van der Waals surface area contributed by atoms with Crippen LogP contribution in [-0.4, -0.2) is 17.8 Å². The lowest BCUT2D eigenvalue weighted by molar-refractivity contribution is 0.411. The number of nitrogens with one attached hydrogen (secondary N) is 1. The van der Waals surface area contributed by atoms with Crippen molar-refractivity contribution < 1.29 is 4.74 Å². The van der Waals surface area contributed by atoms with Crippen molar-refractivity contribution >= 4 is 5.84 Å². The molecule has 1 aliphatic heterocycles. The molecule has 19 heavy (non-hydrogen) atoms. The maximum atomic E-state index is 8.22. The van der Waals surface area contributed by atoms with Gasteiger partial charge in [0.1, 0.15) is 11.6 Å². The first-order valence-corrected chi connectivity index (χ1v) is 6.32. The van der Waals surface area contributed by atoms with Gasteiger partial charge in [0.05, 0.1) is 7.11 Å². The summed E-state index contributed by atoms with van der Waals surface area (Å²) in [5, 5.41) is 8.22. The molecule has 0 saturated heterocycles. The van der Waals surface area contributed by atoms with Crippen molar-refractivity contribution in [2.24, 2.45) is 0 Å². The second-order valence-corrected chi connectivity index (χ2v) is 4.71. The second-order valence-electron chi connectivity index (χ2n) is 4.71. The molecule has 1 aliphatic rings. The highest BCUT2D eigenvalue weighted by Gasteiger charge is 2.23. The number of amidine groups is 1. The summed E-state index contributed by atoms with van der Waals surface area (Å²) < 4.78 is 5.16. The standard InChI is InChI=1S/C16H16N2O/c1-19-14-8-6-12(7-9-14)10-18-11-13-4-2-3-5-15(13)16(18)17/h2-9,17H,10-11H2,1H3. The molecule has 0 atom stereocenters. The predicted octanol–water partition coefficient (Wildman–Crippen LogP) is 3.04. The fraction of sp³-hybridized carbons (Fsp3) is 0.188. The van der Waals surface area contributed by atoms with E-state index in [1.807, 2.05) is 30.3 Å². The molecule has 3 heteroatoms. The van der Waals surface area contributed by atoms with Crippen LogP contribution < -0.4 is 4.74 Å². The van der Waals surface area contributed by atoms with E-state index >= 15 is 0 Å². The van der Waals surface area contributed by atoms with Gasteiger partial charge < -0.3 is 9.64 Å². The molecule has 0 spiro atoms. The fourth-order valence-electron chi connectivity index (χ4n) is 2.43. The van der Waals surface area contributed by atoms with Gasteiger partial charge in [-0.15, -0.1) is 0 Å². The lowest BCUT2D eigenvalue weighted by Crippen LogP contribution is -2.23. The van der Waals surface area contributed by atoms with E-state index in [1.165, 1.54) is 11.1 Å². The van der Waals surface area contributed by atoms with E-state index in [2.05, 4.69) is 23.1 Å². The van der Waals surface area contributed by atoms with Crippen LogP contribution in [0.1, 0.15) is 16.7 Å². The Hall–Kier alpha value is -2.29. The highest BCUT2D eigenvalue weighted by atomic mass is 16.5. The Labute approximate surface area is 113 Å². The van der Waals surface area contributed by atoms with Crippen LogP contribution in [0, 0.1) is 5.41 Å². The van der Waals surface area contributed by atoms with E-state index in [-0.39, 0.29) is 0 Å². The van der Waals surface area contributed by atoms with Crippen LogP contribution in [-0.2, 0) is 13.1 Å². The van der Waals surface area contributed by atoms with Crippen LogP contribution in [0.2, 0.25) is 0 Å². The Bertz CT molecular complexity index is 604. The summed E-state index contributed by atoms with van der Waals surface area (Å²) in [6, 6.07) is 16.2. The summed E-state index contributed by atoms with van der Waals surface area (Å²) in [7, 11) is 1.67. The molecule has 2 aromatic carbocycles. The molecule has 0 saturated carbocycles. The van der Waals surface area contributed by atoms with Gasteiger partial charge in [-0.3, -0.25) is 5.41 Å². The quantitative estimate of drug-likeness (QED) is 0.911. The molecule has 96 valence electrons. The molecular weight excluding hydrogens is 236 g/mol. The van der Waals surface area contributed by atoms with Crippen molar-refractivity contribution in [3.05, 3.63) is 65.2 Å². The number of ether oxygens (including phenoxy) is 1. The van der Waals surface area contributed by atoms with Gasteiger partial charge in [-0.2, -0.15) is 0 Å². The Kier molecular flexibility index (Phi) is 2.95. The number of benzene rings is 2. The van der Waals surface area contributed by atoms with E-state index in [9.17, 15) is 0 Å². The Morgan fingerprint density at radius 3 is 2.53 bits per heavy atom. The molecule has 0 unspecified atom stereocenters. The van der Waals surface area contributed by atoms with Crippen molar-refractivity contribution in [3.8, 4) is 5.75 Å². The number of hydrogen-bond donors (Lipinski definition) is 1. The Morgan fingerprint density at radius 2 is 1.84 bits per heavy atom. The van der Waals surface area contributed by atoms with Crippen molar-refractivity contribution in [1.82, 2.24) is 4.90 Å². The van der Waals surface area contributed by atoms with Gasteiger partial charge in [0, 0.05) is 18.7 Å². The zero-order valence-electron chi connectivity index (χ0n) is 10.9. The molecule has 0 bridgehead atoms. The average Bonchev–Trinajstić information content (AvgIpc) is 2.77. The predicted molar refractivity (Wildman–Crippen MR) is 75.5 cm³/mol. The smallest absolute Gasteiger partial charge is 0.129 e. The number of rotatable bonds is 3. The molecule has 2 aromatic rings. The molecule has 0 aromatic heterocycles. The summed E-state index contributed by atoms with van der Waals surface area (Å²) in [6.07, 6.45) is 0. The highest BCUT2D eigenvalue weighted by Crippen LogP contribution is 2.24. The maximum Gasteiger partial charge on any atom is 0.129 e. The van der Waals surface area contributed by atoms with Crippen LogP contribution in [0.5, 0.6) is 5.75 Å². The summed E-state index contributed by atoms with van der Waals surface area (Å²) in [4.78, 5) is 2.09. The SMILES string of the molecule is COc1ccc(CN2Cc3ccccc3C2=N)cc1. The topological polar surface area (TPSA) is 36.3 Å². The largest absolute Gasteiger partial charge is 0.497 e. The van der Waals surface area contributed by atoms with Crippen LogP contribution in [0.4, 0.5) is 0 Å². The van der Waals surface area contributed by atoms with Crippen LogP contribution in [0.3, 0.4) is 0 Å². The zero-order chi connectivity index (χ0) is 13.2. The molecule has 0 amide bonds. The lowest BCUT2D eigenvalue weighted by Gasteiger charge is -2.18. The minimum Gasteiger partial charge on any atom is -0.497 e. The van der Waals surface area contributed by atoms with Gasteiger partial charge in [-0.25, -0.2) is 0 Å². The van der Waals surface area contributed by atoms with E-state index in [0.717, 1.165) is 24.4 Å². The van der Waals surface area contributed by atoms with Crippen molar-refractivity contribution in [1.29, 1.82) is 5.41 Å². The third kappa shape index (κ3) is 2.19. The monoisotopic (exact) mass is 252 g/mol. The Morgan fingerprint density at radius 1 is 1.11 bits per heavy atom. The Balaban J connectivity index is 1.77. The molecule has 0 aliphatic carbocycles. The van der Waals surface area contributed by atoms with Gasteiger partial charge in [0.2, 0.25) is 0 Å². The van der Waals surface area contributed by atoms with E-state index in [1.54, 1.807) is 7.11 Å². The number of fused-ring (bicyclic) bond motifs is 1. The van der Waals surface area contributed by atoms with Gasteiger partial charge in [0.25, 0.3) is 0 Å². The lowest BCUT2D eigenvalue weighted by atomic mass is 10.1. The van der Waals surface area contributed by atoms with Crippen molar-refractivity contribution in [3.63, 3.8) is 0 Å². The fourth-order valence-corrected chi connectivity index (χ4v) is 2.43. The summed E-state index contributed by atoms with van der Waals surface area (Å²) in [6.45, 7) is 1.58. The van der Waals surface area contributed by atoms with Gasteiger partial charge >= 0.3 is 0 Å². The van der Waals surface area contributed by atoms with Gasteiger partial charge in [-0.1, -0.05) is 36.4 Å². The molecule has 0 radical (unpaired) electrons. The summed E-state index contributed by atoms with van der Waals surface area (Å²) in [5.74, 6) is 1.48. The van der Waals surface area contributed by atoms with E-state index < -0.39 is 0 Å². The summed E-state index contributed by atoms with van der Waals surface area (Å²) >= 11 is 0. The normalized spacial score (nSPS) is 13.5. The van der Waals surface area contributed by atoms with Gasteiger partial charge in [-0.05, 0) is 23.3 Å². The zero-order valence-corrected chi connectivity index (χ0v) is 10.9. The minimum atomic E-state index is 0.617. The molecule has 3 rings (SSSR count). The minimum absolute atomic E-state index is 0.617. The van der Waals surface area contributed by atoms with Crippen molar-refractivity contribution in [2.45, 2.75) is 13.1 Å². The van der Waals surface area contributed by atoms with Crippen molar-refractivity contribution in [2.75, 3.05) is 7.11 Å². The molecule has 1 N–H and O–H groups in total. The summed E-state index contributed by atoms with van der Waals surface area (Å²) in [5.41, 5.74) is 3.48. The molecular formula is C16H16N2O. The third-order valence-corrected chi connectivity index (χ3v) is 3.48. The van der Waals surface area contributed by atoms with E-state index in [4.69, 9.17) is 10.1 Å². The van der Waals surface area contributed by atoms with E-state index in [0.29, 0.717) is 5.84 Å². The average molecular weight is 252 g/mol. The first-order valence-electron chi connectivity index (χ1n) is 6.32. The number of hydrogen-bond acceptors (Lipinski definition) is 2. The van der Waals surface area contributed by atoms with Gasteiger partial charge in [0.15, 0.2) is 0 Å². The molecule has 0 fully saturated rings. The highest BCUT2D eigenvalue weighted by molar-refractivity contribution is 6.00. The number of methoxy groups -OCH3 is 1. The first-order chi connectivity index (χ1) is 9.28. The van der Waals surface area contributed by atoms with Crippen LogP contribution in [0.15, 0.2) is 48.5 Å². The van der Waals surface area contributed by atoms with Crippen LogP contribution in [0.25, 0.3) is 0 Å². The second kappa shape index (κ2) is 4.76. The van der Waals surface area contributed by atoms with Crippen LogP contribution >= 0.6 is 0 Å². The number of nitrogens with zero attached hydrogens (tertiary/aromatic N) is 1. The third-order valence-electron chi connectivity index (χ3n) is 3.48. The molecule has 3 nitrogen and oxygen atoms in total. The molecule has 1 heterocycles.